The van der Waals surface area contributed by atoms with Gasteiger partial charge in [-0.1, -0.05) is 20.8 Å². The Labute approximate surface area is 146 Å². The van der Waals surface area contributed by atoms with E-state index in [2.05, 4.69) is 69.6 Å². The molecule has 0 aromatic carbocycles. The third-order valence-corrected chi connectivity index (χ3v) is 0. The third kappa shape index (κ3) is 320. The van der Waals surface area contributed by atoms with E-state index in [9.17, 15) is 0 Å². The minimum Gasteiger partial charge on any atom is -0.147 e. The van der Waals surface area contributed by atoms with E-state index >= 15 is 0 Å². The Morgan fingerprint density at radius 1 is 0.500 bits per heavy atom. The minimum absolute atomic E-state index is 0. The molecule has 0 fully saturated rings. The number of halogens is 5. The van der Waals surface area contributed by atoms with Gasteiger partial charge in [-0.25, -0.2) is 0 Å². The van der Waals surface area contributed by atoms with E-state index in [0.717, 1.165) is 0 Å². The van der Waals surface area contributed by atoms with E-state index in [1.807, 2.05) is 0 Å². The molecule has 0 spiro atoms. The van der Waals surface area contributed by atoms with Gasteiger partial charge >= 0.3 is 0 Å². The molecule has 0 N–H and O–H groups in total. The maximum Gasteiger partial charge on any atom is 0.117 e. The molecule has 0 aliphatic carbocycles. The fourth-order valence-electron chi connectivity index (χ4n) is 0. The molecular weight excluding hydrogens is 330 g/mol. The van der Waals surface area contributed by atoms with Crippen molar-refractivity contribution >= 4 is 111 Å². The predicted molar refractivity (Wildman–Crippen MR) is 84.9 cm³/mol. The summed E-state index contributed by atoms with van der Waals surface area (Å²) >= 11 is 7.74. The zero-order valence-electron chi connectivity index (χ0n) is 8.89. The molecule has 0 saturated carbocycles. The SMILES string of the molecule is C[CH2][Al].C[CH2][Al].C[CH2][Al].Cl.Cl.Cl.Cl.Cl. The van der Waals surface area contributed by atoms with Crippen LogP contribution >= 0.6 is 62.0 Å². The number of hydrogen-bond donors (Lipinski definition) is 0. The van der Waals surface area contributed by atoms with Gasteiger partial charge in [0, 0.05) is 0 Å². The topological polar surface area (TPSA) is 0 Å². The van der Waals surface area contributed by atoms with Crippen LogP contribution in [-0.4, -0.2) is 48.9 Å². The quantitative estimate of drug-likeness (QED) is 0.582. The first kappa shape index (κ1) is 53.6. The van der Waals surface area contributed by atoms with E-state index < -0.39 is 0 Å². The Kier molecular flexibility index (Phi) is 381. The molecule has 88 valence electrons. The Morgan fingerprint density at radius 2 is 0.500 bits per heavy atom. The van der Waals surface area contributed by atoms with Crippen molar-refractivity contribution in [2.75, 3.05) is 0 Å². The molecule has 8 heteroatoms. The molecular formula is C6H20Al3Cl5. The van der Waals surface area contributed by atoms with E-state index in [0.29, 0.717) is 0 Å². The Balaban J connectivity index is -0.00000000545. The van der Waals surface area contributed by atoms with Gasteiger partial charge in [-0.15, -0.1) is 77.9 Å². The highest BCUT2D eigenvalue weighted by molar-refractivity contribution is 6.08. The van der Waals surface area contributed by atoms with Crippen LogP contribution in [0.2, 0.25) is 15.8 Å². The average molecular weight is 350 g/mol. The smallest absolute Gasteiger partial charge is 0.117 e. The van der Waals surface area contributed by atoms with Gasteiger partial charge in [0.05, 0.1) is 0 Å². The normalized spacial score (nSPS) is 3.64. The third-order valence-electron chi connectivity index (χ3n) is 0. The lowest BCUT2D eigenvalue weighted by Gasteiger charge is -1.47. The standard InChI is InChI=1S/3C2H5.3Al.5ClH/c3*1-2;;;;;;;;/h3*1H2,2H3;;;;5*1H. The summed E-state index contributed by atoms with van der Waals surface area (Å²) in [6.45, 7) is 6.26. The zero-order valence-corrected chi connectivity index (χ0v) is 16.4. The molecule has 0 nitrogen and oxygen atoms in total. The number of hydrogen-bond acceptors (Lipinski definition) is 0. The second kappa shape index (κ2) is 99.4. The van der Waals surface area contributed by atoms with Crippen LogP contribution in [0, 0.1) is 0 Å². The lowest BCUT2D eigenvalue weighted by atomic mass is 11.0. The molecule has 6 radical (unpaired) electrons. The largest absolute Gasteiger partial charge is 0.147 e. The van der Waals surface area contributed by atoms with E-state index in [1.54, 1.807) is 0 Å². The van der Waals surface area contributed by atoms with Gasteiger partial charge in [0.2, 0.25) is 0 Å². The van der Waals surface area contributed by atoms with Crippen molar-refractivity contribution in [1.29, 1.82) is 0 Å². The highest BCUT2D eigenvalue weighted by atomic mass is 35.5. The van der Waals surface area contributed by atoms with Crippen molar-refractivity contribution in [3.05, 3.63) is 0 Å². The van der Waals surface area contributed by atoms with Crippen LogP contribution in [0.15, 0.2) is 0 Å². The summed E-state index contributed by atoms with van der Waals surface area (Å²) in [6, 6.07) is 0. The van der Waals surface area contributed by atoms with Gasteiger partial charge in [0.15, 0.2) is 0 Å². The highest BCUT2D eigenvalue weighted by Crippen LogP contribution is 1.50. The molecule has 0 aliphatic heterocycles. The van der Waals surface area contributed by atoms with Crippen LogP contribution in [0.4, 0.5) is 0 Å². The van der Waals surface area contributed by atoms with Gasteiger partial charge in [-0.2, -0.15) is 0 Å². The molecule has 14 heavy (non-hydrogen) atoms. The van der Waals surface area contributed by atoms with Gasteiger partial charge in [0.1, 0.15) is 48.9 Å². The lowest BCUT2D eigenvalue weighted by molar-refractivity contribution is 1.48. The summed E-state index contributed by atoms with van der Waals surface area (Å²) < 4.78 is 0. The fourth-order valence-corrected chi connectivity index (χ4v) is 0. The van der Waals surface area contributed by atoms with Crippen molar-refractivity contribution in [3.8, 4) is 0 Å². The first-order valence-electron chi connectivity index (χ1n) is 3.35. The molecule has 0 amide bonds. The molecule has 0 aromatic rings. The Hall–Kier alpha value is 3.05. The maximum atomic E-state index is 2.58. The highest BCUT2D eigenvalue weighted by Gasteiger charge is 1.38. The summed E-state index contributed by atoms with van der Waals surface area (Å²) in [5.41, 5.74) is 0. The van der Waals surface area contributed by atoms with Gasteiger partial charge in [0.25, 0.3) is 0 Å². The van der Waals surface area contributed by atoms with E-state index in [4.69, 9.17) is 0 Å². The summed E-state index contributed by atoms with van der Waals surface area (Å²) in [6.07, 6.45) is 0. The number of rotatable bonds is 0. The summed E-state index contributed by atoms with van der Waals surface area (Å²) in [5, 5.41) is 3.50. The monoisotopic (exact) mass is 348 g/mol. The van der Waals surface area contributed by atoms with Crippen LogP contribution in [0.3, 0.4) is 0 Å². The second-order valence-corrected chi connectivity index (χ2v) is 3.67. The van der Waals surface area contributed by atoms with Crippen molar-refractivity contribution in [1.82, 2.24) is 0 Å². The summed E-state index contributed by atoms with van der Waals surface area (Å²) in [4.78, 5) is 0. The maximum absolute atomic E-state index is 2.58. The van der Waals surface area contributed by atoms with Crippen LogP contribution < -0.4 is 0 Å². The van der Waals surface area contributed by atoms with Crippen molar-refractivity contribution in [2.45, 2.75) is 36.6 Å². The van der Waals surface area contributed by atoms with Gasteiger partial charge in [-0.05, 0) is 0 Å². The average Bonchev–Trinajstić information content (AvgIpc) is 1.70. The van der Waals surface area contributed by atoms with Crippen molar-refractivity contribution in [3.63, 3.8) is 0 Å². The van der Waals surface area contributed by atoms with E-state index in [1.165, 1.54) is 15.8 Å². The van der Waals surface area contributed by atoms with Crippen LogP contribution in [0.5, 0.6) is 0 Å². The molecule has 0 aromatic heterocycles. The molecule has 0 atom stereocenters. The molecule has 0 unspecified atom stereocenters. The first-order valence-corrected chi connectivity index (χ1v) is 5.80. The first-order chi connectivity index (χ1) is 4.24. The van der Waals surface area contributed by atoms with Crippen molar-refractivity contribution < 1.29 is 0 Å². The molecule has 0 rings (SSSR count). The van der Waals surface area contributed by atoms with Crippen molar-refractivity contribution in [2.24, 2.45) is 0 Å². The summed E-state index contributed by atoms with van der Waals surface area (Å²) in [7, 11) is 0. The molecule has 0 aliphatic rings. The van der Waals surface area contributed by atoms with Crippen LogP contribution in [0.25, 0.3) is 0 Å². The van der Waals surface area contributed by atoms with Crippen LogP contribution in [-0.2, 0) is 0 Å². The molecule has 0 bridgehead atoms. The zero-order chi connectivity index (χ0) is 8.12. The van der Waals surface area contributed by atoms with Gasteiger partial charge in [-0.3, -0.25) is 0 Å². The molecule has 0 heterocycles. The molecule has 0 saturated heterocycles. The lowest BCUT2D eigenvalue weighted by Crippen LogP contribution is -1.41. The Morgan fingerprint density at radius 3 is 0.500 bits per heavy atom. The fraction of sp³-hybridized carbons (Fsp3) is 1.00. The predicted octanol–water partition coefficient (Wildman–Crippen LogP) is 3.89. The van der Waals surface area contributed by atoms with Gasteiger partial charge < -0.3 is 0 Å². The Bertz CT molecular complexity index is 26.2. The minimum atomic E-state index is 0. The summed E-state index contributed by atoms with van der Waals surface area (Å²) in [5.74, 6) is 0. The second-order valence-electron chi connectivity index (χ2n) is 1.22. The van der Waals surface area contributed by atoms with E-state index in [-0.39, 0.29) is 62.0 Å². The van der Waals surface area contributed by atoms with Crippen LogP contribution in [0.1, 0.15) is 20.8 Å².